The van der Waals surface area contributed by atoms with E-state index in [0.717, 1.165) is 11.1 Å². The zero-order chi connectivity index (χ0) is 30.4. The van der Waals surface area contributed by atoms with Crippen LogP contribution in [0.4, 0.5) is 0 Å². The van der Waals surface area contributed by atoms with E-state index in [2.05, 4.69) is 10.6 Å². The number of aliphatic hydroxyl groups is 1. The largest absolute Gasteiger partial charge is 0.493 e. The Hall–Kier alpha value is -2.99. The number of ether oxygens (including phenoxy) is 1. The van der Waals surface area contributed by atoms with E-state index >= 15 is 0 Å². The van der Waals surface area contributed by atoms with E-state index in [9.17, 15) is 23.1 Å². The number of hydrogen-bond donors (Lipinski definition) is 4. The maximum absolute atomic E-state index is 13.8. The Morgan fingerprint density at radius 2 is 1.76 bits per heavy atom. The summed E-state index contributed by atoms with van der Waals surface area (Å²) in [4.78, 5) is 25.8. The van der Waals surface area contributed by atoms with E-state index in [1.54, 1.807) is 12.1 Å². The molecule has 0 spiro atoms. The molecule has 3 atom stereocenters. The van der Waals surface area contributed by atoms with E-state index in [0.29, 0.717) is 18.8 Å². The summed E-state index contributed by atoms with van der Waals surface area (Å²) in [7, 11) is -3.97. The number of carbonyl (C=O) groups is 2. The Balaban J connectivity index is 1.91. The van der Waals surface area contributed by atoms with Gasteiger partial charge in [0.1, 0.15) is 11.8 Å². The first kappa shape index (κ1) is 32.5. The Bertz CT molecular complexity index is 1290. The topological polar surface area (TPSA) is 151 Å². The van der Waals surface area contributed by atoms with Gasteiger partial charge in [0.15, 0.2) is 0 Å². The fourth-order valence-corrected chi connectivity index (χ4v) is 6.47. The smallest absolute Gasteiger partial charge is 0.243 e. The summed E-state index contributed by atoms with van der Waals surface area (Å²) < 4.78 is 34.5. The van der Waals surface area contributed by atoms with Gasteiger partial charge in [-0.2, -0.15) is 4.31 Å². The van der Waals surface area contributed by atoms with Crippen LogP contribution in [-0.4, -0.2) is 74.1 Å². The molecular weight excluding hydrogens is 544 g/mol. The van der Waals surface area contributed by atoms with Gasteiger partial charge in [0.2, 0.25) is 21.8 Å². The first-order valence-corrected chi connectivity index (χ1v) is 15.4. The van der Waals surface area contributed by atoms with Crippen LogP contribution in [0.5, 0.6) is 5.75 Å². The highest BCUT2D eigenvalue weighted by Crippen LogP contribution is 2.29. The molecule has 0 saturated carbocycles. The number of aliphatic hydroxyl groups excluding tert-OH is 1. The summed E-state index contributed by atoms with van der Waals surface area (Å²) in [5.74, 6) is -0.306. The lowest BCUT2D eigenvalue weighted by atomic mass is 9.85. The SMILES string of the molecule is CC(C)CN(CC(O)C(Cc1ccccc1)NC(=O)C(NC(=O)CN)C(C)(C)C)S(=O)(=O)c1ccc2c(c1)CCO2. The molecule has 0 aromatic heterocycles. The molecule has 3 rings (SSSR count). The number of hydrogen-bond acceptors (Lipinski definition) is 7. The van der Waals surface area contributed by atoms with Gasteiger partial charge in [-0.15, -0.1) is 0 Å². The van der Waals surface area contributed by atoms with Crippen LogP contribution < -0.4 is 21.1 Å². The minimum Gasteiger partial charge on any atom is -0.493 e. The third kappa shape index (κ3) is 8.75. The van der Waals surface area contributed by atoms with Crippen molar-refractivity contribution in [3.8, 4) is 5.75 Å². The number of sulfonamides is 1. The predicted molar refractivity (Wildman–Crippen MR) is 158 cm³/mol. The average Bonchev–Trinajstić information content (AvgIpc) is 3.38. The second-order valence-corrected chi connectivity index (χ2v) is 14.0. The van der Waals surface area contributed by atoms with Crippen molar-refractivity contribution in [2.45, 2.75) is 70.5 Å². The molecule has 0 saturated heterocycles. The minimum absolute atomic E-state index is 0.0198. The number of nitrogens with one attached hydrogen (secondary N) is 2. The first-order chi connectivity index (χ1) is 19.2. The number of nitrogens with two attached hydrogens (primary N) is 1. The lowest BCUT2D eigenvalue weighted by molar-refractivity contribution is -0.132. The van der Waals surface area contributed by atoms with Crippen LogP contribution in [0.2, 0.25) is 0 Å². The van der Waals surface area contributed by atoms with E-state index in [1.807, 2.05) is 65.0 Å². The molecule has 5 N–H and O–H groups in total. The summed E-state index contributed by atoms with van der Waals surface area (Å²) in [6.45, 7) is 9.44. The fraction of sp³-hybridized carbons (Fsp3) is 0.533. The molecule has 11 heteroatoms. The highest BCUT2D eigenvalue weighted by atomic mass is 32.2. The second-order valence-electron chi connectivity index (χ2n) is 12.0. The predicted octanol–water partition coefficient (Wildman–Crippen LogP) is 1.85. The lowest BCUT2D eigenvalue weighted by Gasteiger charge is -2.34. The molecule has 41 heavy (non-hydrogen) atoms. The zero-order valence-electron chi connectivity index (χ0n) is 24.6. The molecule has 10 nitrogen and oxygen atoms in total. The molecule has 1 heterocycles. The molecule has 0 aliphatic carbocycles. The van der Waals surface area contributed by atoms with Crippen LogP contribution in [0.1, 0.15) is 45.7 Å². The molecule has 226 valence electrons. The van der Waals surface area contributed by atoms with Gasteiger partial charge < -0.3 is 26.2 Å². The number of benzene rings is 2. The van der Waals surface area contributed by atoms with Gasteiger partial charge in [0.25, 0.3) is 0 Å². The summed E-state index contributed by atoms with van der Waals surface area (Å²) >= 11 is 0. The van der Waals surface area contributed by atoms with Gasteiger partial charge in [-0.25, -0.2) is 8.42 Å². The minimum atomic E-state index is -3.97. The van der Waals surface area contributed by atoms with E-state index < -0.39 is 45.4 Å². The molecule has 0 radical (unpaired) electrons. The summed E-state index contributed by atoms with van der Waals surface area (Å²) in [6, 6.07) is 12.4. The lowest BCUT2D eigenvalue weighted by Crippen LogP contribution is -2.59. The number of rotatable bonds is 13. The number of fused-ring (bicyclic) bond motifs is 1. The average molecular weight is 589 g/mol. The molecule has 0 fully saturated rings. The van der Waals surface area contributed by atoms with Crippen molar-refractivity contribution in [1.82, 2.24) is 14.9 Å². The van der Waals surface area contributed by atoms with Crippen molar-refractivity contribution in [3.63, 3.8) is 0 Å². The maximum atomic E-state index is 13.8. The molecule has 2 amide bonds. The second kappa shape index (κ2) is 13.8. The van der Waals surface area contributed by atoms with Crippen molar-refractivity contribution >= 4 is 21.8 Å². The van der Waals surface area contributed by atoms with Gasteiger partial charge in [-0.3, -0.25) is 9.59 Å². The normalized spacial score (nSPS) is 15.6. The quantitative estimate of drug-likeness (QED) is 0.279. The number of nitrogens with zero attached hydrogens (tertiary/aromatic N) is 1. The van der Waals surface area contributed by atoms with Gasteiger partial charge in [0, 0.05) is 19.5 Å². The number of amides is 2. The van der Waals surface area contributed by atoms with Crippen molar-refractivity contribution in [2.75, 3.05) is 26.2 Å². The van der Waals surface area contributed by atoms with Crippen molar-refractivity contribution in [3.05, 3.63) is 59.7 Å². The third-order valence-electron chi connectivity index (χ3n) is 6.97. The molecule has 1 aliphatic heterocycles. The molecule has 0 bridgehead atoms. The maximum Gasteiger partial charge on any atom is 0.243 e. The van der Waals surface area contributed by atoms with E-state index in [-0.39, 0.29) is 36.9 Å². The van der Waals surface area contributed by atoms with Crippen LogP contribution in [0.15, 0.2) is 53.4 Å². The van der Waals surface area contributed by atoms with E-state index in [1.165, 1.54) is 10.4 Å². The Morgan fingerprint density at radius 3 is 2.37 bits per heavy atom. The standard InChI is InChI=1S/C30H44N4O6S/c1-20(2)18-34(41(38,39)23-11-12-26-22(16-23)13-14-40-26)19-25(35)24(15-21-9-7-6-8-10-21)32-29(37)28(30(3,4)5)33-27(36)17-31/h6-12,16,20,24-25,28,35H,13-15,17-19,31H2,1-5H3,(H,32,37)(H,33,36). The Kier molecular flexibility index (Phi) is 10.9. The summed E-state index contributed by atoms with van der Waals surface area (Å²) in [6.07, 6.45) is -0.371. The molecule has 2 aromatic rings. The monoisotopic (exact) mass is 588 g/mol. The first-order valence-electron chi connectivity index (χ1n) is 14.0. The van der Waals surface area contributed by atoms with Crippen molar-refractivity contribution in [2.24, 2.45) is 17.1 Å². The highest BCUT2D eigenvalue weighted by Gasteiger charge is 2.36. The van der Waals surface area contributed by atoms with Crippen LogP contribution >= 0.6 is 0 Å². The molecular formula is C30H44N4O6S. The van der Waals surface area contributed by atoms with Crippen LogP contribution in [0.3, 0.4) is 0 Å². The van der Waals surface area contributed by atoms with Crippen molar-refractivity contribution in [1.29, 1.82) is 0 Å². The van der Waals surface area contributed by atoms with Gasteiger partial charge in [-0.05, 0) is 47.1 Å². The van der Waals surface area contributed by atoms with Gasteiger partial charge >= 0.3 is 0 Å². The van der Waals surface area contributed by atoms with E-state index in [4.69, 9.17) is 10.5 Å². The number of carbonyl (C=O) groups excluding carboxylic acids is 2. The van der Waals surface area contributed by atoms with Crippen LogP contribution in [0.25, 0.3) is 0 Å². The van der Waals surface area contributed by atoms with Crippen LogP contribution in [-0.2, 0) is 32.5 Å². The molecule has 3 unspecified atom stereocenters. The fourth-order valence-electron chi connectivity index (χ4n) is 4.80. The molecule has 1 aliphatic rings. The zero-order valence-corrected chi connectivity index (χ0v) is 25.4. The van der Waals surface area contributed by atoms with Crippen molar-refractivity contribution < 1.29 is 27.9 Å². The highest BCUT2D eigenvalue weighted by molar-refractivity contribution is 7.89. The Labute approximate surface area is 243 Å². The third-order valence-corrected chi connectivity index (χ3v) is 8.80. The van der Waals surface area contributed by atoms with Gasteiger partial charge in [-0.1, -0.05) is 65.0 Å². The van der Waals surface area contributed by atoms with Crippen LogP contribution in [0, 0.1) is 11.3 Å². The summed E-state index contributed by atoms with van der Waals surface area (Å²) in [5.41, 5.74) is 6.51. The Morgan fingerprint density at radius 1 is 1.07 bits per heavy atom. The molecule has 2 aromatic carbocycles. The summed E-state index contributed by atoms with van der Waals surface area (Å²) in [5, 5.41) is 17.1. The van der Waals surface area contributed by atoms with Gasteiger partial charge in [0.05, 0.1) is 30.2 Å².